The molecule has 0 aromatic heterocycles. The van der Waals surface area contributed by atoms with E-state index < -0.39 is 29.7 Å². The molecular formula is C22H24F3NO4. The van der Waals surface area contributed by atoms with Gasteiger partial charge in [0.2, 0.25) is 0 Å². The Morgan fingerprint density at radius 3 is 2.40 bits per heavy atom. The predicted octanol–water partition coefficient (Wildman–Crippen LogP) is 4.61. The second-order valence-corrected chi connectivity index (χ2v) is 7.30. The number of carbonyl (C=O) groups is 1. The van der Waals surface area contributed by atoms with Crippen molar-refractivity contribution < 1.29 is 32.5 Å². The van der Waals surface area contributed by atoms with Gasteiger partial charge in [-0.15, -0.1) is 0 Å². The molecule has 2 unspecified atom stereocenters. The van der Waals surface area contributed by atoms with E-state index >= 15 is 0 Å². The second-order valence-electron chi connectivity index (χ2n) is 7.30. The van der Waals surface area contributed by atoms with Gasteiger partial charge in [0.05, 0.1) is 31.7 Å². The Balaban J connectivity index is 2.06. The van der Waals surface area contributed by atoms with Gasteiger partial charge in [-0.3, -0.25) is 9.69 Å². The maximum atomic E-state index is 13.0. The quantitative estimate of drug-likeness (QED) is 0.736. The third-order valence-electron chi connectivity index (χ3n) is 5.46. The first-order valence-electron chi connectivity index (χ1n) is 9.60. The van der Waals surface area contributed by atoms with Crippen LogP contribution in [0.15, 0.2) is 42.5 Å². The average molecular weight is 423 g/mol. The first kappa shape index (κ1) is 22.0. The topological polar surface area (TPSA) is 59.0 Å². The third kappa shape index (κ3) is 4.70. The largest absolute Gasteiger partial charge is 0.497 e. The summed E-state index contributed by atoms with van der Waals surface area (Å²) in [6.07, 6.45) is -3.16. The van der Waals surface area contributed by atoms with Crippen LogP contribution in [-0.4, -0.2) is 43.3 Å². The molecule has 2 atom stereocenters. The van der Waals surface area contributed by atoms with E-state index in [1.807, 2.05) is 11.0 Å². The van der Waals surface area contributed by atoms with E-state index in [0.717, 1.165) is 17.7 Å². The number of rotatable bonds is 6. The number of likely N-dealkylation sites (tertiary alicyclic amines) is 1. The number of alkyl halides is 3. The fourth-order valence-corrected chi connectivity index (χ4v) is 3.93. The van der Waals surface area contributed by atoms with Gasteiger partial charge < -0.3 is 14.6 Å². The molecule has 30 heavy (non-hydrogen) atoms. The van der Waals surface area contributed by atoms with Crippen LogP contribution in [0.5, 0.6) is 11.5 Å². The standard InChI is InChI=1S/C22H24F3NO4/c1-29-17-9-10-18(19(12-17)30-2)20(26-11-3-4-15(13-26)21(27)28)14-5-7-16(8-6-14)22(23,24)25/h5-10,12,15,20H,3-4,11,13H2,1-2H3,(H,27,28). The Hall–Kier alpha value is -2.74. The van der Waals surface area contributed by atoms with Crippen LogP contribution in [0.2, 0.25) is 0 Å². The minimum absolute atomic E-state index is 0.302. The zero-order chi connectivity index (χ0) is 21.9. The molecule has 1 aliphatic rings. The lowest BCUT2D eigenvalue weighted by Gasteiger charge is -2.38. The maximum Gasteiger partial charge on any atom is 0.416 e. The van der Waals surface area contributed by atoms with Crippen LogP contribution >= 0.6 is 0 Å². The summed E-state index contributed by atoms with van der Waals surface area (Å²) in [5, 5.41) is 9.48. The molecule has 1 heterocycles. The molecule has 0 spiro atoms. The summed E-state index contributed by atoms with van der Waals surface area (Å²) in [5.74, 6) is -0.284. The van der Waals surface area contributed by atoms with E-state index in [1.54, 1.807) is 12.1 Å². The summed E-state index contributed by atoms with van der Waals surface area (Å²) in [4.78, 5) is 13.6. The van der Waals surface area contributed by atoms with Crippen molar-refractivity contribution in [1.82, 2.24) is 4.90 Å². The summed E-state index contributed by atoms with van der Waals surface area (Å²) in [6, 6.07) is 9.83. The maximum absolute atomic E-state index is 13.0. The van der Waals surface area contributed by atoms with Gasteiger partial charge in [0, 0.05) is 18.2 Å². The number of hydrogen-bond donors (Lipinski definition) is 1. The summed E-state index contributed by atoms with van der Waals surface area (Å²) in [7, 11) is 3.04. The molecule has 3 rings (SSSR count). The van der Waals surface area contributed by atoms with Crippen molar-refractivity contribution in [3.8, 4) is 11.5 Å². The number of piperidine rings is 1. The summed E-state index contributed by atoms with van der Waals surface area (Å²) >= 11 is 0. The number of carboxylic acids is 1. The predicted molar refractivity (Wildman–Crippen MR) is 105 cm³/mol. The molecule has 1 N–H and O–H groups in total. The normalized spacial score (nSPS) is 18.6. The van der Waals surface area contributed by atoms with Crippen molar-refractivity contribution in [1.29, 1.82) is 0 Å². The lowest BCUT2D eigenvalue weighted by atomic mass is 9.90. The minimum Gasteiger partial charge on any atom is -0.497 e. The average Bonchev–Trinajstić information content (AvgIpc) is 2.74. The molecule has 0 bridgehead atoms. The minimum atomic E-state index is -4.43. The molecule has 8 heteroatoms. The van der Waals surface area contributed by atoms with Crippen LogP contribution in [0.4, 0.5) is 13.2 Å². The number of benzene rings is 2. The van der Waals surface area contributed by atoms with Crippen molar-refractivity contribution in [3.63, 3.8) is 0 Å². The molecule has 5 nitrogen and oxygen atoms in total. The van der Waals surface area contributed by atoms with E-state index in [0.29, 0.717) is 43.0 Å². The van der Waals surface area contributed by atoms with Crippen LogP contribution < -0.4 is 9.47 Å². The van der Waals surface area contributed by atoms with Gasteiger partial charge >= 0.3 is 12.1 Å². The first-order valence-corrected chi connectivity index (χ1v) is 9.60. The van der Waals surface area contributed by atoms with Crippen molar-refractivity contribution in [3.05, 3.63) is 59.2 Å². The molecule has 0 aliphatic carbocycles. The molecule has 1 fully saturated rings. The number of nitrogens with zero attached hydrogens (tertiary/aromatic N) is 1. The van der Waals surface area contributed by atoms with Gasteiger partial charge in [0.1, 0.15) is 11.5 Å². The van der Waals surface area contributed by atoms with Crippen LogP contribution in [0, 0.1) is 5.92 Å². The lowest BCUT2D eigenvalue weighted by Crippen LogP contribution is -2.41. The van der Waals surface area contributed by atoms with Crippen molar-refractivity contribution in [2.24, 2.45) is 5.92 Å². The van der Waals surface area contributed by atoms with Crippen LogP contribution in [0.1, 0.15) is 35.6 Å². The zero-order valence-electron chi connectivity index (χ0n) is 16.8. The molecule has 2 aromatic rings. The van der Waals surface area contributed by atoms with Crippen LogP contribution in [-0.2, 0) is 11.0 Å². The van der Waals surface area contributed by atoms with Crippen LogP contribution in [0.3, 0.4) is 0 Å². The summed E-state index contributed by atoms with van der Waals surface area (Å²) < 4.78 is 49.9. The highest BCUT2D eigenvalue weighted by atomic mass is 19.4. The van der Waals surface area contributed by atoms with Gasteiger partial charge in [-0.05, 0) is 49.2 Å². The number of aliphatic carboxylic acids is 1. The highest BCUT2D eigenvalue weighted by Crippen LogP contribution is 2.40. The van der Waals surface area contributed by atoms with E-state index in [1.165, 1.54) is 26.4 Å². The third-order valence-corrected chi connectivity index (χ3v) is 5.46. The van der Waals surface area contributed by atoms with Crippen molar-refractivity contribution in [2.75, 3.05) is 27.3 Å². The molecule has 2 aromatic carbocycles. The first-order chi connectivity index (χ1) is 14.2. The molecular weight excluding hydrogens is 399 g/mol. The molecule has 0 saturated carbocycles. The van der Waals surface area contributed by atoms with E-state index in [9.17, 15) is 23.1 Å². The van der Waals surface area contributed by atoms with Gasteiger partial charge in [0.25, 0.3) is 0 Å². The lowest BCUT2D eigenvalue weighted by molar-refractivity contribution is -0.144. The Kier molecular flexibility index (Phi) is 6.55. The molecule has 162 valence electrons. The summed E-state index contributed by atoms with van der Waals surface area (Å²) in [6.45, 7) is 0.931. The number of ether oxygens (including phenoxy) is 2. The Morgan fingerprint density at radius 1 is 1.13 bits per heavy atom. The summed E-state index contributed by atoms with van der Waals surface area (Å²) in [5.41, 5.74) is 0.648. The van der Waals surface area contributed by atoms with Gasteiger partial charge in [0.15, 0.2) is 0 Å². The Bertz CT molecular complexity index is 883. The molecule has 1 saturated heterocycles. The Labute approximate surface area is 173 Å². The zero-order valence-corrected chi connectivity index (χ0v) is 16.8. The highest BCUT2D eigenvalue weighted by Gasteiger charge is 2.34. The monoisotopic (exact) mass is 423 g/mol. The number of halogens is 3. The fraction of sp³-hybridized carbons (Fsp3) is 0.409. The number of carboxylic acid groups (broad SMARTS) is 1. The van der Waals surface area contributed by atoms with Crippen molar-refractivity contribution >= 4 is 5.97 Å². The molecule has 1 aliphatic heterocycles. The van der Waals surface area contributed by atoms with Crippen LogP contribution in [0.25, 0.3) is 0 Å². The smallest absolute Gasteiger partial charge is 0.416 e. The van der Waals surface area contributed by atoms with Gasteiger partial charge in [-0.1, -0.05) is 12.1 Å². The van der Waals surface area contributed by atoms with E-state index in [-0.39, 0.29) is 0 Å². The Morgan fingerprint density at radius 2 is 1.83 bits per heavy atom. The SMILES string of the molecule is COc1ccc(C(c2ccc(C(F)(F)F)cc2)N2CCCC(C(=O)O)C2)c(OC)c1. The second kappa shape index (κ2) is 8.95. The van der Waals surface area contributed by atoms with E-state index in [4.69, 9.17) is 9.47 Å². The fourth-order valence-electron chi connectivity index (χ4n) is 3.93. The number of hydrogen-bond acceptors (Lipinski definition) is 4. The molecule has 0 radical (unpaired) electrons. The number of methoxy groups -OCH3 is 2. The van der Waals surface area contributed by atoms with Crippen molar-refractivity contribution in [2.45, 2.75) is 25.1 Å². The van der Waals surface area contributed by atoms with Gasteiger partial charge in [-0.25, -0.2) is 0 Å². The van der Waals surface area contributed by atoms with Gasteiger partial charge in [-0.2, -0.15) is 13.2 Å². The van der Waals surface area contributed by atoms with E-state index in [2.05, 4.69) is 0 Å². The molecule has 0 amide bonds. The highest BCUT2D eigenvalue weighted by molar-refractivity contribution is 5.70.